The fraction of sp³-hybridized carbons (Fsp3) is 0.375. The first-order chi connectivity index (χ1) is 15.8. The third-order valence-electron chi connectivity index (χ3n) is 5.90. The number of nitrogens with one attached hydrogen (secondary N) is 3. The number of hydrogen-bond donors (Lipinski definition) is 6. The van der Waals surface area contributed by atoms with Crippen LogP contribution in [0.4, 0.5) is 5.82 Å². The lowest BCUT2D eigenvalue weighted by molar-refractivity contribution is 0.0384. The van der Waals surface area contributed by atoms with Crippen LogP contribution in [0.3, 0.4) is 0 Å². The number of aromatic nitrogens is 2. The number of hydrogen-bond acceptors (Lipinski definition) is 9. The highest BCUT2D eigenvalue weighted by atomic mass is 16.3. The van der Waals surface area contributed by atoms with Crippen molar-refractivity contribution in [3.63, 3.8) is 0 Å². The van der Waals surface area contributed by atoms with Crippen molar-refractivity contribution in [2.75, 3.05) is 18.9 Å². The normalized spacial score (nSPS) is 20.5. The summed E-state index contributed by atoms with van der Waals surface area (Å²) in [5.74, 6) is 1.30. The van der Waals surface area contributed by atoms with Gasteiger partial charge in [0.15, 0.2) is 0 Å². The van der Waals surface area contributed by atoms with E-state index in [-0.39, 0.29) is 18.2 Å². The third kappa shape index (κ3) is 6.09. The van der Waals surface area contributed by atoms with E-state index in [2.05, 4.69) is 20.6 Å². The molecule has 0 aliphatic carbocycles. The molecule has 3 rings (SSSR count). The van der Waals surface area contributed by atoms with Gasteiger partial charge in [-0.1, -0.05) is 13.8 Å². The number of pyridine rings is 2. The molecule has 3 heterocycles. The van der Waals surface area contributed by atoms with E-state index in [1.165, 1.54) is 6.21 Å². The molecule has 0 amide bonds. The highest BCUT2D eigenvalue weighted by Crippen LogP contribution is 2.21. The van der Waals surface area contributed by atoms with E-state index in [1.54, 1.807) is 18.5 Å². The Kier molecular flexibility index (Phi) is 8.02. The van der Waals surface area contributed by atoms with Crippen molar-refractivity contribution >= 4 is 28.6 Å². The number of nitrogens with two attached hydrogens (primary N) is 2. The van der Waals surface area contributed by atoms with Gasteiger partial charge in [-0.15, -0.1) is 0 Å². The molecule has 33 heavy (non-hydrogen) atoms. The lowest BCUT2D eigenvalue weighted by Crippen LogP contribution is -2.37. The number of aliphatic hydroxyl groups is 1. The zero-order chi connectivity index (χ0) is 24.0. The van der Waals surface area contributed by atoms with Crippen LogP contribution in [0, 0.1) is 11.3 Å². The largest absolute Gasteiger partial charge is 0.404 e. The maximum absolute atomic E-state index is 9.86. The number of likely N-dealkylation sites (tertiary alicyclic amines) is 1. The maximum Gasteiger partial charge on any atom is 0.132 e. The molecule has 0 radical (unpaired) electrons. The molecular weight excluding hydrogens is 416 g/mol. The van der Waals surface area contributed by atoms with Gasteiger partial charge >= 0.3 is 0 Å². The second-order valence-corrected chi connectivity index (χ2v) is 8.53. The molecule has 9 heteroatoms. The van der Waals surface area contributed by atoms with Crippen LogP contribution in [0.5, 0.6) is 0 Å². The van der Waals surface area contributed by atoms with Crippen molar-refractivity contribution in [3.05, 3.63) is 59.8 Å². The SMILES string of the molecule is CC(C)C(=C/N)/C=C(\N)Nc1ccc2ncc(/C(C=N)=C/NC[C@H]3CCC(O)N3C)cc2n1. The average molecular weight is 451 g/mol. The summed E-state index contributed by atoms with van der Waals surface area (Å²) in [5.41, 5.74) is 15.6. The summed E-state index contributed by atoms with van der Waals surface area (Å²) in [4.78, 5) is 11.1. The first-order valence-electron chi connectivity index (χ1n) is 11.1. The molecule has 1 saturated heterocycles. The Balaban J connectivity index is 1.76. The van der Waals surface area contributed by atoms with Crippen LogP contribution in [-0.2, 0) is 0 Å². The smallest absolute Gasteiger partial charge is 0.132 e. The van der Waals surface area contributed by atoms with Crippen molar-refractivity contribution in [3.8, 4) is 0 Å². The van der Waals surface area contributed by atoms with E-state index in [0.717, 1.165) is 29.5 Å². The van der Waals surface area contributed by atoms with E-state index >= 15 is 0 Å². The molecule has 1 aliphatic rings. The average Bonchev–Trinajstić information content (AvgIpc) is 3.12. The first kappa shape index (κ1) is 24.2. The van der Waals surface area contributed by atoms with Crippen molar-refractivity contribution < 1.29 is 5.11 Å². The van der Waals surface area contributed by atoms with Gasteiger partial charge in [-0.3, -0.25) is 9.88 Å². The van der Waals surface area contributed by atoms with Crippen LogP contribution in [0.2, 0.25) is 0 Å². The molecule has 8 N–H and O–H groups in total. The zero-order valence-corrected chi connectivity index (χ0v) is 19.4. The third-order valence-corrected chi connectivity index (χ3v) is 5.90. The predicted molar refractivity (Wildman–Crippen MR) is 134 cm³/mol. The Morgan fingerprint density at radius 2 is 2.12 bits per heavy atom. The van der Waals surface area contributed by atoms with E-state index < -0.39 is 0 Å². The lowest BCUT2D eigenvalue weighted by Gasteiger charge is -2.22. The van der Waals surface area contributed by atoms with Gasteiger partial charge < -0.3 is 32.6 Å². The van der Waals surface area contributed by atoms with Crippen molar-refractivity contribution in [1.82, 2.24) is 20.2 Å². The molecule has 1 fully saturated rings. The molecule has 1 aliphatic heterocycles. The Bertz CT molecular complexity index is 1080. The van der Waals surface area contributed by atoms with Gasteiger partial charge in [0.25, 0.3) is 0 Å². The molecular formula is C24H34N8O. The Hall–Kier alpha value is -3.43. The molecule has 1 unspecified atom stereocenters. The summed E-state index contributed by atoms with van der Waals surface area (Å²) in [6, 6.07) is 5.85. The number of likely N-dealkylation sites (N-methyl/N-ethyl adjacent to an activating group) is 1. The topological polar surface area (TPSA) is 149 Å². The number of aliphatic hydroxyl groups excluding tert-OH is 1. The first-order valence-corrected chi connectivity index (χ1v) is 11.1. The standard InChI is InChI=1S/C24H34N8O/c1-15(2)16(10-25)9-22(27)31-23-6-5-20-21(30-23)8-17(13-29-20)18(11-26)12-28-14-19-4-7-24(33)32(19)3/h5-6,8-13,15,19,24,26,28,33H,4,7,14,25,27H2,1-3H3,(H,30,31)/b16-10+,18-12+,22-9+,26-11?/t19-,24?/m1/s1. The second kappa shape index (κ2) is 10.9. The van der Waals surface area contributed by atoms with Gasteiger partial charge in [0.05, 0.1) is 11.0 Å². The van der Waals surface area contributed by atoms with E-state index in [1.807, 2.05) is 50.2 Å². The van der Waals surface area contributed by atoms with Gasteiger partial charge in [0.1, 0.15) is 17.9 Å². The molecule has 0 spiro atoms. The molecule has 2 atom stereocenters. The number of fused-ring (bicyclic) bond motifs is 1. The minimum atomic E-state index is -0.381. The van der Waals surface area contributed by atoms with Crippen LogP contribution in [-0.4, -0.2) is 52.1 Å². The van der Waals surface area contributed by atoms with Crippen LogP contribution in [0.25, 0.3) is 16.6 Å². The summed E-state index contributed by atoms with van der Waals surface area (Å²) in [5, 5.41) is 24.1. The fourth-order valence-corrected chi connectivity index (χ4v) is 3.76. The quantitative estimate of drug-likeness (QED) is 0.252. The van der Waals surface area contributed by atoms with E-state index in [9.17, 15) is 5.11 Å². The number of rotatable bonds is 9. The highest BCUT2D eigenvalue weighted by Gasteiger charge is 2.27. The number of anilines is 1. The maximum atomic E-state index is 9.86. The van der Waals surface area contributed by atoms with Gasteiger partial charge in [-0.05, 0) is 61.9 Å². The van der Waals surface area contributed by atoms with Crippen molar-refractivity contribution in [2.24, 2.45) is 17.4 Å². The molecule has 0 bridgehead atoms. The van der Waals surface area contributed by atoms with Crippen LogP contribution in [0.1, 0.15) is 32.3 Å². The van der Waals surface area contributed by atoms with Crippen LogP contribution < -0.4 is 22.1 Å². The predicted octanol–water partition coefficient (Wildman–Crippen LogP) is 2.33. The Morgan fingerprint density at radius 1 is 1.33 bits per heavy atom. The summed E-state index contributed by atoms with van der Waals surface area (Å²) < 4.78 is 0. The van der Waals surface area contributed by atoms with E-state index in [0.29, 0.717) is 29.3 Å². The zero-order valence-electron chi connectivity index (χ0n) is 19.4. The van der Waals surface area contributed by atoms with Crippen molar-refractivity contribution in [1.29, 1.82) is 5.41 Å². The highest BCUT2D eigenvalue weighted by molar-refractivity contribution is 6.08. The van der Waals surface area contributed by atoms with Crippen LogP contribution in [0.15, 0.2) is 54.3 Å². The van der Waals surface area contributed by atoms with Gasteiger partial charge in [-0.2, -0.15) is 0 Å². The second-order valence-electron chi connectivity index (χ2n) is 8.53. The number of nitrogens with zero attached hydrogens (tertiary/aromatic N) is 3. The summed E-state index contributed by atoms with van der Waals surface area (Å²) in [6.45, 7) is 4.78. The van der Waals surface area contributed by atoms with Crippen LogP contribution >= 0.6 is 0 Å². The van der Waals surface area contributed by atoms with Gasteiger partial charge in [-0.25, -0.2) is 4.98 Å². The van der Waals surface area contributed by atoms with Gasteiger partial charge in [0.2, 0.25) is 0 Å². The lowest BCUT2D eigenvalue weighted by atomic mass is 10.0. The summed E-state index contributed by atoms with van der Waals surface area (Å²) in [6.07, 6.45) is 9.52. The molecule has 176 valence electrons. The fourth-order valence-electron chi connectivity index (χ4n) is 3.76. The number of allylic oxidation sites excluding steroid dienone is 3. The summed E-state index contributed by atoms with van der Waals surface area (Å²) in [7, 11) is 1.92. The van der Waals surface area contributed by atoms with E-state index in [4.69, 9.17) is 16.9 Å². The monoisotopic (exact) mass is 450 g/mol. The molecule has 2 aromatic rings. The molecule has 0 saturated carbocycles. The Labute approximate surface area is 194 Å². The molecule has 9 nitrogen and oxygen atoms in total. The minimum absolute atomic E-state index is 0.255. The minimum Gasteiger partial charge on any atom is -0.404 e. The van der Waals surface area contributed by atoms with Gasteiger partial charge in [0, 0.05) is 42.3 Å². The molecule has 2 aromatic heterocycles. The summed E-state index contributed by atoms with van der Waals surface area (Å²) >= 11 is 0. The van der Waals surface area contributed by atoms with Crippen molar-refractivity contribution in [2.45, 2.75) is 39.0 Å². The Morgan fingerprint density at radius 3 is 2.76 bits per heavy atom. The molecule has 0 aromatic carbocycles.